The smallest absolute Gasteiger partial charge is 0.261 e. The van der Waals surface area contributed by atoms with Crippen molar-refractivity contribution in [2.45, 2.75) is 13.0 Å². The van der Waals surface area contributed by atoms with Crippen molar-refractivity contribution in [2.24, 2.45) is 0 Å². The van der Waals surface area contributed by atoms with E-state index >= 15 is 0 Å². The molecule has 3 aromatic carbocycles. The number of anilines is 1. The lowest BCUT2D eigenvalue weighted by Gasteiger charge is -2.14. The minimum atomic E-state index is -0.317. The number of carbonyl (C=O) groups excluding carboxylic acids is 3. The first-order valence-corrected chi connectivity index (χ1v) is 10.9. The van der Waals surface area contributed by atoms with Crippen LogP contribution in [0.25, 0.3) is 0 Å². The maximum absolute atomic E-state index is 12.8. The van der Waals surface area contributed by atoms with Gasteiger partial charge < -0.3 is 5.32 Å². The van der Waals surface area contributed by atoms with Crippen LogP contribution in [0, 0.1) is 0 Å². The Balaban J connectivity index is 1.25. The number of carbonyl (C=O) groups is 3. The Morgan fingerprint density at radius 1 is 0.735 bits per heavy atom. The van der Waals surface area contributed by atoms with E-state index in [4.69, 9.17) is 0 Å². The van der Waals surface area contributed by atoms with E-state index in [2.05, 4.69) is 10.3 Å². The highest BCUT2D eigenvalue weighted by Crippen LogP contribution is 2.24. The molecule has 0 saturated carbocycles. The molecule has 4 aromatic rings. The number of nitrogens with one attached hydrogen (secondary N) is 1. The molecule has 1 aliphatic rings. The van der Waals surface area contributed by atoms with Gasteiger partial charge >= 0.3 is 0 Å². The summed E-state index contributed by atoms with van der Waals surface area (Å²) in [6, 6.07) is 25.4. The number of hydrogen-bond acceptors (Lipinski definition) is 4. The highest BCUT2D eigenvalue weighted by Gasteiger charge is 2.34. The number of benzene rings is 3. The van der Waals surface area contributed by atoms with Gasteiger partial charge in [0, 0.05) is 23.6 Å². The van der Waals surface area contributed by atoms with E-state index in [1.54, 1.807) is 60.9 Å². The molecule has 0 aliphatic carbocycles. The molecule has 3 amide bonds. The highest BCUT2D eigenvalue weighted by atomic mass is 16.2. The number of aromatic nitrogens is 1. The average Bonchev–Trinajstić information content (AvgIpc) is 3.11. The molecule has 0 unspecified atom stereocenters. The van der Waals surface area contributed by atoms with Crippen molar-refractivity contribution in [3.8, 4) is 0 Å². The van der Waals surface area contributed by atoms with Crippen LogP contribution in [0.4, 0.5) is 5.69 Å². The summed E-state index contributed by atoms with van der Waals surface area (Å²) in [4.78, 5) is 43.3. The fraction of sp³-hybridized carbons (Fsp3) is 0.0714. The van der Waals surface area contributed by atoms with Crippen LogP contribution in [0.3, 0.4) is 0 Å². The fourth-order valence-electron chi connectivity index (χ4n) is 4.02. The van der Waals surface area contributed by atoms with Crippen molar-refractivity contribution in [3.63, 3.8) is 0 Å². The molecule has 166 valence electrons. The van der Waals surface area contributed by atoms with Crippen LogP contribution < -0.4 is 5.32 Å². The molecule has 6 nitrogen and oxygen atoms in total. The Kier molecular flexibility index (Phi) is 5.70. The summed E-state index contributed by atoms with van der Waals surface area (Å²) >= 11 is 0. The predicted molar refractivity (Wildman–Crippen MR) is 129 cm³/mol. The lowest BCUT2D eigenvalue weighted by atomic mass is 10.1. The van der Waals surface area contributed by atoms with Gasteiger partial charge in [0.05, 0.1) is 17.7 Å². The average molecular weight is 447 g/mol. The Hall–Kier alpha value is -4.58. The zero-order valence-corrected chi connectivity index (χ0v) is 18.3. The van der Waals surface area contributed by atoms with E-state index in [1.807, 2.05) is 36.4 Å². The number of nitrogens with zero attached hydrogens (tertiary/aromatic N) is 2. The van der Waals surface area contributed by atoms with Crippen LogP contribution in [-0.2, 0) is 13.0 Å². The van der Waals surface area contributed by atoms with Crippen LogP contribution >= 0.6 is 0 Å². The van der Waals surface area contributed by atoms with Crippen molar-refractivity contribution in [1.82, 2.24) is 9.88 Å². The Morgan fingerprint density at radius 2 is 1.38 bits per heavy atom. The topological polar surface area (TPSA) is 79.4 Å². The Bertz CT molecular complexity index is 1350. The minimum absolute atomic E-state index is 0.108. The predicted octanol–water partition coefficient (Wildman–Crippen LogP) is 4.72. The molecule has 1 aliphatic heterocycles. The van der Waals surface area contributed by atoms with Crippen molar-refractivity contribution in [3.05, 3.63) is 131 Å². The maximum Gasteiger partial charge on any atom is 0.261 e. The molecule has 5 rings (SSSR count). The van der Waals surface area contributed by atoms with E-state index in [1.165, 1.54) is 10.5 Å². The second-order valence-corrected chi connectivity index (χ2v) is 8.13. The first kappa shape index (κ1) is 21.3. The van der Waals surface area contributed by atoms with Gasteiger partial charge in [-0.05, 0) is 71.6 Å². The summed E-state index contributed by atoms with van der Waals surface area (Å²) in [7, 11) is 0. The molecule has 0 saturated heterocycles. The lowest BCUT2D eigenvalue weighted by molar-refractivity contribution is 0.0642. The molecular formula is C28H21N3O3. The molecule has 0 spiro atoms. The van der Waals surface area contributed by atoms with E-state index < -0.39 is 0 Å². The van der Waals surface area contributed by atoms with Gasteiger partial charge in [0.1, 0.15) is 0 Å². The molecule has 0 fully saturated rings. The number of hydrogen-bond donors (Lipinski definition) is 1. The van der Waals surface area contributed by atoms with Crippen molar-refractivity contribution in [2.75, 3.05) is 5.32 Å². The van der Waals surface area contributed by atoms with Gasteiger partial charge in [-0.15, -0.1) is 0 Å². The maximum atomic E-state index is 12.8. The zero-order valence-electron chi connectivity index (χ0n) is 18.3. The molecule has 2 heterocycles. The molecule has 0 atom stereocenters. The quantitative estimate of drug-likeness (QED) is 0.434. The molecule has 1 N–H and O–H groups in total. The first-order valence-electron chi connectivity index (χ1n) is 10.9. The lowest BCUT2D eigenvalue weighted by Crippen LogP contribution is -2.29. The third-order valence-corrected chi connectivity index (χ3v) is 5.78. The standard InChI is InChI=1S/C28H21N3O3/c32-26(30-23-10-8-19(9-11-23)16-20-12-14-29-15-13-20)22-5-3-4-21(17-22)18-31-27(33)24-6-1-2-7-25(24)28(31)34/h1-15,17H,16,18H2,(H,30,32). The molecule has 34 heavy (non-hydrogen) atoms. The van der Waals surface area contributed by atoms with Crippen molar-refractivity contribution < 1.29 is 14.4 Å². The number of imide groups is 1. The minimum Gasteiger partial charge on any atom is -0.322 e. The summed E-state index contributed by atoms with van der Waals surface area (Å²) in [5.74, 6) is -0.893. The first-order chi connectivity index (χ1) is 16.6. The van der Waals surface area contributed by atoms with E-state index in [-0.39, 0.29) is 24.3 Å². The van der Waals surface area contributed by atoms with Crippen LogP contribution in [0.1, 0.15) is 47.8 Å². The number of pyridine rings is 1. The SMILES string of the molecule is O=C(Nc1ccc(Cc2ccncc2)cc1)c1cccc(CN2C(=O)c3ccccc3C2=O)c1. The van der Waals surface area contributed by atoms with Crippen LogP contribution in [0.15, 0.2) is 97.3 Å². The molecule has 0 bridgehead atoms. The van der Waals surface area contributed by atoms with Crippen molar-refractivity contribution >= 4 is 23.4 Å². The van der Waals surface area contributed by atoms with Gasteiger partial charge in [-0.2, -0.15) is 0 Å². The number of fused-ring (bicyclic) bond motifs is 1. The largest absolute Gasteiger partial charge is 0.322 e. The van der Waals surface area contributed by atoms with Crippen LogP contribution in [0.5, 0.6) is 0 Å². The van der Waals surface area contributed by atoms with Gasteiger partial charge in [-0.25, -0.2) is 0 Å². The zero-order chi connectivity index (χ0) is 23.5. The summed E-state index contributed by atoms with van der Waals surface area (Å²) in [5.41, 5.74) is 4.97. The van der Waals surface area contributed by atoms with Crippen LogP contribution in [-0.4, -0.2) is 27.6 Å². The fourth-order valence-corrected chi connectivity index (χ4v) is 4.02. The third kappa shape index (κ3) is 4.34. The van der Waals surface area contributed by atoms with E-state index in [9.17, 15) is 14.4 Å². The summed E-state index contributed by atoms with van der Waals surface area (Å²) in [6.07, 6.45) is 4.33. The molecule has 0 radical (unpaired) electrons. The number of rotatable bonds is 6. The molecule has 6 heteroatoms. The summed E-state index contributed by atoms with van der Waals surface area (Å²) < 4.78 is 0. The van der Waals surface area contributed by atoms with Gasteiger partial charge in [-0.3, -0.25) is 24.3 Å². The van der Waals surface area contributed by atoms with Gasteiger partial charge in [-0.1, -0.05) is 36.4 Å². The summed E-state index contributed by atoms with van der Waals surface area (Å²) in [5, 5.41) is 2.91. The van der Waals surface area contributed by atoms with Crippen LogP contribution in [0.2, 0.25) is 0 Å². The van der Waals surface area contributed by atoms with Gasteiger partial charge in [0.2, 0.25) is 0 Å². The second-order valence-electron chi connectivity index (χ2n) is 8.13. The Morgan fingerprint density at radius 3 is 2.06 bits per heavy atom. The summed E-state index contributed by atoms with van der Waals surface area (Å²) in [6.45, 7) is 0.108. The normalized spacial score (nSPS) is 12.5. The highest BCUT2D eigenvalue weighted by molar-refractivity contribution is 6.21. The molecule has 1 aromatic heterocycles. The van der Waals surface area contributed by atoms with Gasteiger partial charge in [0.15, 0.2) is 0 Å². The molecular weight excluding hydrogens is 426 g/mol. The van der Waals surface area contributed by atoms with E-state index in [0.29, 0.717) is 27.9 Å². The second kappa shape index (κ2) is 9.11. The number of amides is 3. The monoisotopic (exact) mass is 447 g/mol. The van der Waals surface area contributed by atoms with Gasteiger partial charge in [0.25, 0.3) is 17.7 Å². The third-order valence-electron chi connectivity index (χ3n) is 5.78. The Labute approximate surface area is 196 Å². The van der Waals surface area contributed by atoms with Crippen molar-refractivity contribution in [1.29, 1.82) is 0 Å². The van der Waals surface area contributed by atoms with E-state index in [0.717, 1.165) is 12.0 Å².